The van der Waals surface area contributed by atoms with Gasteiger partial charge in [-0.2, -0.15) is 0 Å². The lowest BCUT2D eigenvalue weighted by Crippen LogP contribution is -2.30. The van der Waals surface area contributed by atoms with Crippen LogP contribution in [0.3, 0.4) is 0 Å². The zero-order valence-corrected chi connectivity index (χ0v) is 48.1. The second-order valence-electron chi connectivity index (χ2n) is 19.9. The highest BCUT2D eigenvalue weighted by Crippen LogP contribution is 2.14. The number of rotatable bonds is 54. The molecule has 0 fully saturated rings. The molecule has 0 saturated heterocycles. The third-order valence-corrected chi connectivity index (χ3v) is 12.7. The first-order valence-electron chi connectivity index (χ1n) is 30.5. The van der Waals surface area contributed by atoms with Gasteiger partial charge in [-0.25, -0.2) is 0 Å². The van der Waals surface area contributed by atoms with E-state index in [1.807, 2.05) is 0 Å². The molecule has 0 saturated carbocycles. The summed E-state index contributed by atoms with van der Waals surface area (Å²) < 4.78 is 16.8. The second kappa shape index (κ2) is 61.4. The van der Waals surface area contributed by atoms with Gasteiger partial charge in [0.05, 0.1) is 0 Å². The SMILES string of the molecule is CC/C=C\C/C=C\C/C=C\C/C=C\C/C=C\C/C=C\C/C=C\CCCCCCCCCC(=O)OCC(COC(=O)CCCCCCC/C=C\CCCCCC)OC(=O)CCCCCCC/C=C\C/C=C\CCCC. The maximum absolute atomic E-state index is 12.8. The summed E-state index contributed by atoms with van der Waals surface area (Å²) in [5, 5.41) is 0. The van der Waals surface area contributed by atoms with Crippen molar-refractivity contribution in [1.29, 1.82) is 0 Å². The third kappa shape index (κ3) is 58.7. The fraction of sp³-hybridized carbons (Fsp3) is 0.662. The van der Waals surface area contributed by atoms with Crippen molar-refractivity contribution < 1.29 is 28.6 Å². The largest absolute Gasteiger partial charge is 0.462 e. The fourth-order valence-corrected chi connectivity index (χ4v) is 8.08. The topological polar surface area (TPSA) is 78.9 Å². The van der Waals surface area contributed by atoms with E-state index >= 15 is 0 Å². The molecule has 0 spiro atoms. The van der Waals surface area contributed by atoms with Crippen LogP contribution in [0.25, 0.3) is 0 Å². The van der Waals surface area contributed by atoms with Crippen LogP contribution in [0.15, 0.2) is 122 Å². The van der Waals surface area contributed by atoms with E-state index in [1.165, 1.54) is 89.9 Å². The van der Waals surface area contributed by atoms with Crippen LogP contribution in [-0.4, -0.2) is 37.2 Å². The van der Waals surface area contributed by atoms with Gasteiger partial charge in [-0.1, -0.05) is 245 Å². The molecular formula is C68H112O6. The molecule has 0 aromatic rings. The molecule has 0 amide bonds. The van der Waals surface area contributed by atoms with Crippen LogP contribution in [0, 0.1) is 0 Å². The number of ether oxygens (including phenoxy) is 3. The molecule has 0 bridgehead atoms. The molecule has 1 unspecified atom stereocenters. The lowest BCUT2D eigenvalue weighted by Gasteiger charge is -2.18. The first-order chi connectivity index (χ1) is 36.5. The smallest absolute Gasteiger partial charge is 0.306 e. The van der Waals surface area contributed by atoms with Crippen molar-refractivity contribution in [2.45, 2.75) is 277 Å². The normalized spacial score (nSPS) is 13.0. The van der Waals surface area contributed by atoms with Crippen LogP contribution in [0.5, 0.6) is 0 Å². The molecule has 0 rings (SSSR count). The van der Waals surface area contributed by atoms with Crippen molar-refractivity contribution in [1.82, 2.24) is 0 Å². The standard InChI is InChI=1S/C68H112O6/c1-4-7-10-13-16-19-22-25-27-28-29-30-31-32-33-34-35-36-37-38-39-40-41-44-46-49-52-55-58-61-67(70)73-64-65(63-72-66(69)60-57-54-51-48-45-42-24-21-18-15-12-9-6-3)74-68(71)62-59-56-53-50-47-43-26-23-20-17-14-11-8-5-2/h7,10,14,16-17,19,21,23-27,29-30,32-33,35-36,38-39,65H,4-6,8-9,11-13,15,18,20,22,28,31,34,37,40-64H2,1-3H3/b10-7-,17-14-,19-16-,24-21-,26-23-,27-25-,30-29-,33-32-,36-35-,39-38-. The van der Waals surface area contributed by atoms with Gasteiger partial charge in [0, 0.05) is 19.3 Å². The number of allylic oxidation sites excluding steroid dienone is 20. The van der Waals surface area contributed by atoms with Crippen LogP contribution in [0.2, 0.25) is 0 Å². The third-order valence-electron chi connectivity index (χ3n) is 12.7. The average Bonchev–Trinajstić information content (AvgIpc) is 3.40. The van der Waals surface area contributed by atoms with Crippen molar-refractivity contribution >= 4 is 17.9 Å². The second-order valence-corrected chi connectivity index (χ2v) is 19.9. The van der Waals surface area contributed by atoms with E-state index < -0.39 is 6.10 Å². The molecule has 0 aromatic carbocycles. The highest BCUT2D eigenvalue weighted by Gasteiger charge is 2.19. The zero-order chi connectivity index (χ0) is 53.6. The van der Waals surface area contributed by atoms with Crippen molar-refractivity contribution in [3.8, 4) is 0 Å². The maximum atomic E-state index is 12.8. The van der Waals surface area contributed by atoms with Crippen molar-refractivity contribution in [3.63, 3.8) is 0 Å². The Morgan fingerprint density at radius 1 is 0.284 bits per heavy atom. The van der Waals surface area contributed by atoms with Crippen LogP contribution in [0.1, 0.15) is 271 Å². The number of esters is 3. The fourth-order valence-electron chi connectivity index (χ4n) is 8.08. The molecule has 0 N–H and O–H groups in total. The molecule has 1 atom stereocenters. The maximum Gasteiger partial charge on any atom is 0.306 e. The monoisotopic (exact) mass is 1020 g/mol. The summed E-state index contributed by atoms with van der Waals surface area (Å²) in [7, 11) is 0. The molecule has 0 aromatic heterocycles. The van der Waals surface area contributed by atoms with Crippen LogP contribution >= 0.6 is 0 Å². The highest BCUT2D eigenvalue weighted by molar-refractivity contribution is 5.71. The lowest BCUT2D eigenvalue weighted by atomic mass is 10.1. The van der Waals surface area contributed by atoms with Gasteiger partial charge in [0.2, 0.25) is 0 Å². The molecule has 0 aliphatic carbocycles. The summed E-state index contributed by atoms with van der Waals surface area (Å²) in [5.74, 6) is -0.927. The summed E-state index contributed by atoms with van der Waals surface area (Å²) in [6.07, 6.45) is 84.8. The zero-order valence-electron chi connectivity index (χ0n) is 48.1. The van der Waals surface area contributed by atoms with E-state index in [9.17, 15) is 14.4 Å². The van der Waals surface area contributed by atoms with Gasteiger partial charge in [-0.3, -0.25) is 14.4 Å². The van der Waals surface area contributed by atoms with Crippen LogP contribution < -0.4 is 0 Å². The summed E-state index contributed by atoms with van der Waals surface area (Å²) in [4.78, 5) is 38.2. The van der Waals surface area contributed by atoms with E-state index in [0.717, 1.165) is 141 Å². The van der Waals surface area contributed by atoms with Gasteiger partial charge in [0.25, 0.3) is 0 Å². The summed E-state index contributed by atoms with van der Waals surface area (Å²) in [6.45, 7) is 6.44. The Hall–Kier alpha value is -4.19. The van der Waals surface area contributed by atoms with Crippen LogP contribution in [-0.2, 0) is 28.6 Å². The van der Waals surface area contributed by atoms with E-state index in [4.69, 9.17) is 14.2 Å². The summed E-state index contributed by atoms with van der Waals surface area (Å²) in [6, 6.07) is 0. The molecule has 6 nitrogen and oxygen atoms in total. The minimum Gasteiger partial charge on any atom is -0.462 e. The quantitative estimate of drug-likeness (QED) is 0.0261. The summed E-state index contributed by atoms with van der Waals surface area (Å²) >= 11 is 0. The van der Waals surface area contributed by atoms with E-state index in [1.54, 1.807) is 0 Å². The van der Waals surface area contributed by atoms with Crippen molar-refractivity contribution in [2.75, 3.05) is 13.2 Å². The highest BCUT2D eigenvalue weighted by atomic mass is 16.6. The molecule has 0 radical (unpaired) electrons. The van der Waals surface area contributed by atoms with E-state index in [2.05, 4.69) is 142 Å². The predicted molar refractivity (Wildman–Crippen MR) is 320 cm³/mol. The van der Waals surface area contributed by atoms with Gasteiger partial charge in [0.15, 0.2) is 6.10 Å². The first kappa shape index (κ1) is 69.8. The minimum absolute atomic E-state index is 0.0933. The molecule has 74 heavy (non-hydrogen) atoms. The van der Waals surface area contributed by atoms with E-state index in [-0.39, 0.29) is 31.1 Å². The Bertz CT molecular complexity index is 1550. The Morgan fingerprint density at radius 2 is 0.541 bits per heavy atom. The van der Waals surface area contributed by atoms with Crippen molar-refractivity contribution in [3.05, 3.63) is 122 Å². The van der Waals surface area contributed by atoms with Gasteiger partial charge in [0.1, 0.15) is 13.2 Å². The first-order valence-corrected chi connectivity index (χ1v) is 30.5. The molecule has 0 aliphatic rings. The Morgan fingerprint density at radius 3 is 0.878 bits per heavy atom. The Kier molecular flexibility index (Phi) is 57.9. The van der Waals surface area contributed by atoms with Gasteiger partial charge in [-0.15, -0.1) is 0 Å². The van der Waals surface area contributed by atoms with Crippen molar-refractivity contribution in [2.24, 2.45) is 0 Å². The number of hydrogen-bond acceptors (Lipinski definition) is 6. The Labute approximate surface area is 456 Å². The lowest BCUT2D eigenvalue weighted by molar-refractivity contribution is -0.167. The van der Waals surface area contributed by atoms with E-state index in [0.29, 0.717) is 19.3 Å². The molecule has 420 valence electrons. The van der Waals surface area contributed by atoms with Gasteiger partial charge in [-0.05, 0) is 128 Å². The average molecular weight is 1030 g/mol. The number of unbranched alkanes of at least 4 members (excludes halogenated alkanes) is 23. The van der Waals surface area contributed by atoms with Gasteiger partial charge >= 0.3 is 17.9 Å². The van der Waals surface area contributed by atoms with Crippen LogP contribution in [0.4, 0.5) is 0 Å². The number of carbonyl (C=O) groups is 3. The molecular weight excluding hydrogens is 913 g/mol. The summed E-state index contributed by atoms with van der Waals surface area (Å²) in [5.41, 5.74) is 0. The molecule has 0 heterocycles. The molecule has 0 aliphatic heterocycles. The number of carbonyl (C=O) groups excluding carboxylic acids is 3. The molecule has 6 heteroatoms. The predicted octanol–water partition coefficient (Wildman–Crippen LogP) is 20.8. The van der Waals surface area contributed by atoms with Gasteiger partial charge < -0.3 is 14.2 Å². The Balaban J connectivity index is 4.33. The number of hydrogen-bond donors (Lipinski definition) is 0. The minimum atomic E-state index is -0.796.